The standard InChI is InChI=1S/C16H25N3O4/c1-11-13(12(2)23-18-11)7-8-17-15(20)10-19-9-5-4-6-14(22-3)16(19)21/h14H,4-10H2,1-3H3,(H,17,20). The number of hydrogen-bond acceptors (Lipinski definition) is 5. The van der Waals surface area contributed by atoms with Crippen LogP contribution >= 0.6 is 0 Å². The molecule has 0 saturated carbocycles. The van der Waals surface area contributed by atoms with Crippen molar-refractivity contribution in [2.45, 2.75) is 45.6 Å². The van der Waals surface area contributed by atoms with Crippen LogP contribution in [-0.2, 0) is 20.7 Å². The van der Waals surface area contributed by atoms with E-state index in [1.54, 1.807) is 4.90 Å². The Morgan fingerprint density at radius 3 is 2.87 bits per heavy atom. The summed E-state index contributed by atoms with van der Waals surface area (Å²) in [5, 5.41) is 6.74. The molecule has 0 spiro atoms. The predicted molar refractivity (Wildman–Crippen MR) is 83.9 cm³/mol. The molecule has 1 aliphatic rings. The molecule has 1 N–H and O–H groups in total. The van der Waals surface area contributed by atoms with E-state index in [0.29, 0.717) is 19.5 Å². The monoisotopic (exact) mass is 323 g/mol. The molecule has 7 heteroatoms. The predicted octanol–water partition coefficient (Wildman–Crippen LogP) is 0.978. The number of carbonyl (C=O) groups is 2. The first-order valence-corrected chi connectivity index (χ1v) is 8.03. The van der Waals surface area contributed by atoms with Crippen LogP contribution in [0.5, 0.6) is 0 Å². The third-order valence-corrected chi connectivity index (χ3v) is 4.23. The molecular formula is C16H25N3O4. The van der Waals surface area contributed by atoms with Gasteiger partial charge >= 0.3 is 0 Å². The van der Waals surface area contributed by atoms with Gasteiger partial charge in [-0.1, -0.05) is 5.16 Å². The largest absolute Gasteiger partial charge is 0.372 e. The lowest BCUT2D eigenvalue weighted by molar-refractivity contribution is -0.144. The maximum absolute atomic E-state index is 12.3. The summed E-state index contributed by atoms with van der Waals surface area (Å²) in [4.78, 5) is 25.9. The van der Waals surface area contributed by atoms with Gasteiger partial charge in [-0.2, -0.15) is 0 Å². The van der Waals surface area contributed by atoms with E-state index in [0.717, 1.165) is 36.3 Å². The highest BCUT2D eigenvalue weighted by molar-refractivity contribution is 5.87. The van der Waals surface area contributed by atoms with E-state index < -0.39 is 6.10 Å². The Hall–Kier alpha value is -1.89. The first kappa shape index (κ1) is 17.5. The molecular weight excluding hydrogens is 298 g/mol. The normalized spacial score (nSPS) is 18.8. The van der Waals surface area contributed by atoms with Crippen LogP contribution in [0.15, 0.2) is 4.52 Å². The number of ether oxygens (including phenoxy) is 1. The number of amides is 2. The number of nitrogens with one attached hydrogen (secondary N) is 1. The molecule has 2 amide bonds. The second-order valence-corrected chi connectivity index (χ2v) is 5.88. The number of aromatic nitrogens is 1. The number of nitrogens with zero attached hydrogens (tertiary/aromatic N) is 2. The molecule has 2 rings (SSSR count). The Kier molecular flexibility index (Phi) is 6.15. The lowest BCUT2D eigenvalue weighted by Gasteiger charge is -2.23. The van der Waals surface area contributed by atoms with Gasteiger partial charge in [-0.25, -0.2) is 0 Å². The lowest BCUT2D eigenvalue weighted by atomic mass is 10.1. The molecule has 1 aliphatic heterocycles. The zero-order chi connectivity index (χ0) is 16.8. The fourth-order valence-electron chi connectivity index (χ4n) is 2.86. The highest BCUT2D eigenvalue weighted by Gasteiger charge is 2.27. The van der Waals surface area contributed by atoms with E-state index in [4.69, 9.17) is 9.26 Å². The lowest BCUT2D eigenvalue weighted by Crippen LogP contribution is -2.45. The molecule has 1 unspecified atom stereocenters. The van der Waals surface area contributed by atoms with Crippen LogP contribution in [-0.4, -0.2) is 54.7 Å². The first-order chi connectivity index (χ1) is 11.0. The second-order valence-electron chi connectivity index (χ2n) is 5.88. The minimum absolute atomic E-state index is 0.0836. The van der Waals surface area contributed by atoms with Gasteiger partial charge in [0, 0.05) is 25.8 Å². The van der Waals surface area contributed by atoms with Crippen molar-refractivity contribution in [2.75, 3.05) is 26.7 Å². The summed E-state index contributed by atoms with van der Waals surface area (Å²) in [7, 11) is 1.54. The second kappa shape index (κ2) is 8.10. The van der Waals surface area contributed by atoms with Gasteiger partial charge in [0.25, 0.3) is 5.91 Å². The number of aryl methyl sites for hydroxylation is 2. The number of carbonyl (C=O) groups excluding carboxylic acids is 2. The van der Waals surface area contributed by atoms with E-state index >= 15 is 0 Å². The molecule has 23 heavy (non-hydrogen) atoms. The maximum atomic E-state index is 12.3. The molecule has 1 atom stereocenters. The maximum Gasteiger partial charge on any atom is 0.252 e. The molecule has 128 valence electrons. The van der Waals surface area contributed by atoms with Crippen molar-refractivity contribution in [3.8, 4) is 0 Å². The van der Waals surface area contributed by atoms with Crippen molar-refractivity contribution < 1.29 is 18.8 Å². The summed E-state index contributed by atoms with van der Waals surface area (Å²) in [6.45, 7) is 4.93. The van der Waals surface area contributed by atoms with Gasteiger partial charge in [-0.3, -0.25) is 9.59 Å². The summed E-state index contributed by atoms with van der Waals surface area (Å²) in [6, 6.07) is 0. The topological polar surface area (TPSA) is 84.7 Å². The SMILES string of the molecule is COC1CCCCN(CC(=O)NCCc2c(C)noc2C)C1=O. The van der Waals surface area contributed by atoms with Crippen LogP contribution in [0.1, 0.15) is 36.3 Å². The van der Waals surface area contributed by atoms with Gasteiger partial charge in [0.2, 0.25) is 5.91 Å². The van der Waals surface area contributed by atoms with Crippen molar-refractivity contribution in [2.24, 2.45) is 0 Å². The van der Waals surface area contributed by atoms with Crippen LogP contribution in [0.3, 0.4) is 0 Å². The highest BCUT2D eigenvalue weighted by atomic mass is 16.5. The molecule has 0 aliphatic carbocycles. The molecule has 7 nitrogen and oxygen atoms in total. The van der Waals surface area contributed by atoms with E-state index in [9.17, 15) is 9.59 Å². The van der Waals surface area contributed by atoms with Crippen molar-refractivity contribution in [1.82, 2.24) is 15.4 Å². The summed E-state index contributed by atoms with van der Waals surface area (Å²) in [5.74, 6) is 0.537. The minimum Gasteiger partial charge on any atom is -0.372 e. The molecule has 0 aromatic carbocycles. The van der Waals surface area contributed by atoms with Gasteiger partial charge in [0.15, 0.2) is 0 Å². The summed E-state index contributed by atoms with van der Waals surface area (Å²) in [6.07, 6.45) is 2.81. The highest BCUT2D eigenvalue weighted by Crippen LogP contribution is 2.14. The fraction of sp³-hybridized carbons (Fsp3) is 0.688. The number of methoxy groups -OCH3 is 1. The minimum atomic E-state index is -0.424. The van der Waals surface area contributed by atoms with Gasteiger partial charge < -0.3 is 19.5 Å². The average Bonchev–Trinajstić information content (AvgIpc) is 2.74. The molecule has 1 aromatic heterocycles. The van der Waals surface area contributed by atoms with Gasteiger partial charge in [-0.15, -0.1) is 0 Å². The molecule has 0 radical (unpaired) electrons. The average molecular weight is 323 g/mol. The summed E-state index contributed by atoms with van der Waals surface area (Å²) >= 11 is 0. The Bertz CT molecular complexity index is 536. The van der Waals surface area contributed by atoms with E-state index in [-0.39, 0.29) is 18.4 Å². The van der Waals surface area contributed by atoms with Crippen LogP contribution in [0.2, 0.25) is 0 Å². The van der Waals surface area contributed by atoms with Crippen molar-refractivity contribution in [3.05, 3.63) is 17.0 Å². The zero-order valence-corrected chi connectivity index (χ0v) is 14.1. The fourth-order valence-corrected chi connectivity index (χ4v) is 2.86. The third kappa shape index (κ3) is 4.54. The number of likely N-dealkylation sites (tertiary alicyclic amines) is 1. The van der Waals surface area contributed by atoms with Gasteiger partial charge in [-0.05, 0) is 39.5 Å². The molecule has 2 heterocycles. The Balaban J connectivity index is 1.81. The van der Waals surface area contributed by atoms with Crippen LogP contribution in [0, 0.1) is 13.8 Å². The van der Waals surface area contributed by atoms with Crippen LogP contribution in [0.25, 0.3) is 0 Å². The van der Waals surface area contributed by atoms with Crippen LogP contribution < -0.4 is 5.32 Å². The molecule has 1 aromatic rings. The van der Waals surface area contributed by atoms with Gasteiger partial charge in [0.05, 0.1) is 12.2 Å². The Morgan fingerprint density at radius 1 is 1.43 bits per heavy atom. The number of rotatable bonds is 6. The van der Waals surface area contributed by atoms with Crippen molar-refractivity contribution in [3.63, 3.8) is 0 Å². The summed E-state index contributed by atoms with van der Waals surface area (Å²) < 4.78 is 10.3. The number of hydrogen-bond donors (Lipinski definition) is 1. The van der Waals surface area contributed by atoms with E-state index in [1.807, 2.05) is 13.8 Å². The molecule has 1 saturated heterocycles. The van der Waals surface area contributed by atoms with Crippen LogP contribution in [0.4, 0.5) is 0 Å². The van der Waals surface area contributed by atoms with Gasteiger partial charge in [0.1, 0.15) is 11.9 Å². The first-order valence-electron chi connectivity index (χ1n) is 8.03. The quantitative estimate of drug-likeness (QED) is 0.843. The third-order valence-electron chi connectivity index (χ3n) is 4.23. The zero-order valence-electron chi connectivity index (χ0n) is 14.1. The van der Waals surface area contributed by atoms with E-state index in [2.05, 4.69) is 10.5 Å². The Labute approximate surface area is 136 Å². The molecule has 1 fully saturated rings. The summed E-state index contributed by atoms with van der Waals surface area (Å²) in [5.41, 5.74) is 1.87. The van der Waals surface area contributed by atoms with Crippen molar-refractivity contribution in [1.29, 1.82) is 0 Å². The molecule has 0 bridgehead atoms. The Morgan fingerprint density at radius 2 is 2.22 bits per heavy atom. The van der Waals surface area contributed by atoms with E-state index in [1.165, 1.54) is 7.11 Å². The van der Waals surface area contributed by atoms with Crippen molar-refractivity contribution >= 4 is 11.8 Å². The smallest absolute Gasteiger partial charge is 0.252 e.